The van der Waals surface area contributed by atoms with Crippen LogP contribution < -0.4 is 5.73 Å². The SMILES string of the molecule is COC1CCN(C(=O)c2cc(C)nn2C)C(CN)C1. The predicted octanol–water partition coefficient (Wildman–Crippen LogP) is 0.307. The maximum atomic E-state index is 12.6. The number of aromatic nitrogens is 2. The number of rotatable bonds is 3. The number of nitrogens with zero attached hydrogens (tertiary/aromatic N) is 3. The van der Waals surface area contributed by atoms with Gasteiger partial charge in [-0.1, -0.05) is 0 Å². The van der Waals surface area contributed by atoms with Crippen LogP contribution in [0.25, 0.3) is 0 Å². The molecule has 0 bridgehead atoms. The molecule has 106 valence electrons. The minimum Gasteiger partial charge on any atom is -0.381 e. The largest absolute Gasteiger partial charge is 0.381 e. The summed E-state index contributed by atoms with van der Waals surface area (Å²) in [5.74, 6) is 0.00750. The first-order chi connectivity index (χ1) is 9.06. The lowest BCUT2D eigenvalue weighted by Gasteiger charge is -2.38. The number of amides is 1. The second kappa shape index (κ2) is 5.71. The number of hydrogen-bond donors (Lipinski definition) is 1. The van der Waals surface area contributed by atoms with Crippen molar-refractivity contribution in [2.45, 2.75) is 31.9 Å². The molecule has 19 heavy (non-hydrogen) atoms. The van der Waals surface area contributed by atoms with E-state index < -0.39 is 0 Å². The van der Waals surface area contributed by atoms with Gasteiger partial charge in [0.1, 0.15) is 5.69 Å². The standard InChI is InChI=1S/C13H22N4O2/c1-9-6-12(16(2)15-9)13(18)17-5-4-11(19-3)7-10(17)8-14/h6,10-11H,4-5,7-8,14H2,1-3H3. The molecule has 2 heterocycles. The number of nitrogens with two attached hydrogens (primary N) is 1. The summed E-state index contributed by atoms with van der Waals surface area (Å²) in [4.78, 5) is 14.4. The zero-order chi connectivity index (χ0) is 14.0. The lowest BCUT2D eigenvalue weighted by molar-refractivity contribution is 0.0134. The van der Waals surface area contributed by atoms with Gasteiger partial charge < -0.3 is 15.4 Å². The normalized spacial score (nSPS) is 23.7. The highest BCUT2D eigenvalue weighted by Crippen LogP contribution is 2.21. The van der Waals surface area contributed by atoms with Crippen molar-refractivity contribution in [3.63, 3.8) is 0 Å². The number of hydrogen-bond acceptors (Lipinski definition) is 4. The molecule has 1 aliphatic rings. The highest BCUT2D eigenvalue weighted by molar-refractivity contribution is 5.93. The number of methoxy groups -OCH3 is 1. The van der Waals surface area contributed by atoms with Gasteiger partial charge in [-0.05, 0) is 25.8 Å². The Kier molecular flexibility index (Phi) is 4.21. The highest BCUT2D eigenvalue weighted by atomic mass is 16.5. The van der Waals surface area contributed by atoms with Crippen molar-refractivity contribution < 1.29 is 9.53 Å². The van der Waals surface area contributed by atoms with Crippen LogP contribution >= 0.6 is 0 Å². The summed E-state index contributed by atoms with van der Waals surface area (Å²) in [5, 5.41) is 4.22. The zero-order valence-corrected chi connectivity index (χ0v) is 11.8. The Labute approximate surface area is 113 Å². The van der Waals surface area contributed by atoms with E-state index in [4.69, 9.17) is 10.5 Å². The van der Waals surface area contributed by atoms with Crippen LogP contribution in [0, 0.1) is 6.92 Å². The monoisotopic (exact) mass is 266 g/mol. The molecule has 2 atom stereocenters. The zero-order valence-electron chi connectivity index (χ0n) is 11.8. The first-order valence-electron chi connectivity index (χ1n) is 6.61. The van der Waals surface area contributed by atoms with E-state index in [2.05, 4.69) is 5.10 Å². The molecule has 0 spiro atoms. The van der Waals surface area contributed by atoms with E-state index in [0.717, 1.165) is 18.5 Å². The molecular weight excluding hydrogens is 244 g/mol. The molecule has 2 unspecified atom stereocenters. The van der Waals surface area contributed by atoms with Gasteiger partial charge in [-0.2, -0.15) is 5.10 Å². The van der Waals surface area contributed by atoms with E-state index in [1.54, 1.807) is 18.8 Å². The molecule has 1 aromatic rings. The van der Waals surface area contributed by atoms with Crippen molar-refractivity contribution in [1.82, 2.24) is 14.7 Å². The number of carbonyl (C=O) groups is 1. The molecule has 1 aliphatic heterocycles. The van der Waals surface area contributed by atoms with Crippen molar-refractivity contribution in [2.75, 3.05) is 20.2 Å². The number of carbonyl (C=O) groups excluding carboxylic acids is 1. The maximum absolute atomic E-state index is 12.6. The summed E-state index contributed by atoms with van der Waals surface area (Å²) >= 11 is 0. The molecule has 0 aromatic carbocycles. The van der Waals surface area contributed by atoms with E-state index in [-0.39, 0.29) is 18.1 Å². The number of ether oxygens (including phenoxy) is 1. The quantitative estimate of drug-likeness (QED) is 0.854. The van der Waals surface area contributed by atoms with Crippen molar-refractivity contribution >= 4 is 5.91 Å². The molecule has 0 aliphatic carbocycles. The molecular formula is C13H22N4O2. The maximum Gasteiger partial charge on any atom is 0.272 e. The summed E-state index contributed by atoms with van der Waals surface area (Å²) in [6.07, 6.45) is 1.86. The third-order valence-corrected chi connectivity index (χ3v) is 3.76. The van der Waals surface area contributed by atoms with E-state index in [9.17, 15) is 4.79 Å². The van der Waals surface area contributed by atoms with Gasteiger partial charge in [0.2, 0.25) is 0 Å². The third kappa shape index (κ3) is 2.79. The van der Waals surface area contributed by atoms with Gasteiger partial charge in [0.15, 0.2) is 0 Å². The predicted molar refractivity (Wildman–Crippen MR) is 71.9 cm³/mol. The number of piperidine rings is 1. The first-order valence-corrected chi connectivity index (χ1v) is 6.61. The second-order valence-corrected chi connectivity index (χ2v) is 5.06. The molecule has 1 amide bonds. The fourth-order valence-corrected chi connectivity index (χ4v) is 2.68. The molecule has 2 rings (SSSR count). The molecule has 6 heteroatoms. The van der Waals surface area contributed by atoms with E-state index in [0.29, 0.717) is 18.8 Å². The van der Waals surface area contributed by atoms with E-state index in [1.165, 1.54) is 0 Å². The molecule has 1 fully saturated rings. The van der Waals surface area contributed by atoms with Gasteiger partial charge in [-0.25, -0.2) is 0 Å². The summed E-state index contributed by atoms with van der Waals surface area (Å²) in [5.41, 5.74) is 7.26. The molecule has 2 N–H and O–H groups in total. The van der Waals surface area contributed by atoms with Crippen LogP contribution in [0.2, 0.25) is 0 Å². The van der Waals surface area contributed by atoms with E-state index >= 15 is 0 Å². The fourth-order valence-electron chi connectivity index (χ4n) is 2.68. The van der Waals surface area contributed by atoms with Crippen LogP contribution in [0.5, 0.6) is 0 Å². The van der Waals surface area contributed by atoms with Crippen LogP contribution in [0.15, 0.2) is 6.07 Å². The smallest absolute Gasteiger partial charge is 0.272 e. The van der Waals surface area contributed by atoms with Crippen LogP contribution in [0.1, 0.15) is 29.0 Å². The number of aryl methyl sites for hydroxylation is 2. The Morgan fingerprint density at radius 1 is 1.63 bits per heavy atom. The Bertz CT molecular complexity index is 457. The average molecular weight is 266 g/mol. The van der Waals surface area contributed by atoms with Crippen LogP contribution in [0.4, 0.5) is 0 Å². The van der Waals surface area contributed by atoms with Gasteiger partial charge >= 0.3 is 0 Å². The van der Waals surface area contributed by atoms with Crippen molar-refractivity contribution in [2.24, 2.45) is 12.8 Å². The fraction of sp³-hybridized carbons (Fsp3) is 0.692. The minimum absolute atomic E-state index is 0.00750. The van der Waals surface area contributed by atoms with Gasteiger partial charge in [0.25, 0.3) is 5.91 Å². The van der Waals surface area contributed by atoms with Gasteiger partial charge in [-0.3, -0.25) is 9.48 Å². The highest BCUT2D eigenvalue weighted by Gasteiger charge is 2.32. The van der Waals surface area contributed by atoms with Crippen molar-refractivity contribution in [3.8, 4) is 0 Å². The van der Waals surface area contributed by atoms with Gasteiger partial charge in [0.05, 0.1) is 11.8 Å². The van der Waals surface area contributed by atoms with Gasteiger partial charge in [0, 0.05) is 33.3 Å². The lowest BCUT2D eigenvalue weighted by atomic mass is 9.99. The summed E-state index contributed by atoms with van der Waals surface area (Å²) < 4.78 is 7.01. The van der Waals surface area contributed by atoms with Crippen molar-refractivity contribution in [1.29, 1.82) is 0 Å². The molecule has 0 saturated carbocycles. The molecule has 1 aromatic heterocycles. The molecule has 0 radical (unpaired) electrons. The Hall–Kier alpha value is -1.40. The first kappa shape index (κ1) is 14.0. The lowest BCUT2D eigenvalue weighted by Crippen LogP contribution is -2.51. The number of likely N-dealkylation sites (tertiary alicyclic amines) is 1. The topological polar surface area (TPSA) is 73.4 Å². The minimum atomic E-state index is 0.00750. The second-order valence-electron chi connectivity index (χ2n) is 5.06. The van der Waals surface area contributed by atoms with Crippen LogP contribution in [-0.4, -0.2) is 52.9 Å². The van der Waals surface area contributed by atoms with Crippen molar-refractivity contribution in [3.05, 3.63) is 17.5 Å². The third-order valence-electron chi connectivity index (χ3n) is 3.76. The Morgan fingerprint density at radius 3 is 2.89 bits per heavy atom. The average Bonchev–Trinajstić information content (AvgIpc) is 2.76. The molecule has 1 saturated heterocycles. The summed E-state index contributed by atoms with van der Waals surface area (Å²) in [6, 6.07) is 1.86. The van der Waals surface area contributed by atoms with Crippen LogP contribution in [-0.2, 0) is 11.8 Å². The Balaban J connectivity index is 2.16. The summed E-state index contributed by atoms with van der Waals surface area (Å²) in [6.45, 7) is 3.03. The van der Waals surface area contributed by atoms with Gasteiger partial charge in [-0.15, -0.1) is 0 Å². The summed E-state index contributed by atoms with van der Waals surface area (Å²) in [7, 11) is 3.50. The Morgan fingerprint density at radius 2 is 2.37 bits per heavy atom. The van der Waals surface area contributed by atoms with Crippen LogP contribution in [0.3, 0.4) is 0 Å². The van der Waals surface area contributed by atoms with E-state index in [1.807, 2.05) is 17.9 Å². The molecule has 6 nitrogen and oxygen atoms in total.